The molecule has 0 saturated carbocycles. The van der Waals surface area contributed by atoms with Gasteiger partial charge in [0.15, 0.2) is 0 Å². The topological polar surface area (TPSA) is 20.3 Å². The minimum Gasteiger partial charge on any atom is -0.301 e. The summed E-state index contributed by atoms with van der Waals surface area (Å²) in [6.07, 6.45) is 0. The van der Waals surface area contributed by atoms with Gasteiger partial charge in [-0.15, -0.1) is 0 Å². The van der Waals surface area contributed by atoms with Gasteiger partial charge in [-0.1, -0.05) is 68.3 Å². The van der Waals surface area contributed by atoms with E-state index in [1.165, 1.54) is 0 Å². The molecule has 0 aromatic heterocycles. The van der Waals surface area contributed by atoms with Crippen molar-refractivity contribution in [3.63, 3.8) is 0 Å². The van der Waals surface area contributed by atoms with E-state index < -0.39 is 5.54 Å². The molecule has 1 heterocycles. The van der Waals surface area contributed by atoms with E-state index in [2.05, 4.69) is 51.8 Å². The number of benzene rings is 2. The van der Waals surface area contributed by atoms with Gasteiger partial charge >= 0.3 is 0 Å². The molecule has 118 valence electrons. The van der Waals surface area contributed by atoms with Crippen LogP contribution in [0.25, 0.3) is 5.57 Å². The number of carbonyl (C=O) groups is 1. The first-order valence-corrected chi connectivity index (χ1v) is 9.25. The number of anilines is 1. The predicted molar refractivity (Wildman–Crippen MR) is 103 cm³/mol. The zero-order valence-electron chi connectivity index (χ0n) is 13.0. The zero-order valence-corrected chi connectivity index (χ0v) is 16.1. The van der Waals surface area contributed by atoms with Gasteiger partial charge in [0.25, 0.3) is 5.91 Å². The Balaban J connectivity index is 2.20. The van der Waals surface area contributed by atoms with Crippen LogP contribution < -0.4 is 4.90 Å². The van der Waals surface area contributed by atoms with Crippen LogP contribution in [0.4, 0.5) is 5.69 Å². The molecule has 1 aliphatic heterocycles. The van der Waals surface area contributed by atoms with E-state index in [1.807, 2.05) is 58.4 Å². The maximum absolute atomic E-state index is 13.2. The number of rotatable bonds is 1. The van der Waals surface area contributed by atoms with Gasteiger partial charge in [0.1, 0.15) is 0 Å². The minimum atomic E-state index is -0.402. The first-order chi connectivity index (χ1) is 11.0. The number of fused-ring (bicyclic) bond motifs is 1. The molecule has 2 nitrogen and oxygen atoms in total. The quantitative estimate of drug-likeness (QED) is 0.533. The monoisotopic (exact) mass is 433 g/mol. The largest absolute Gasteiger partial charge is 0.301 e. The molecule has 0 N–H and O–H groups in total. The molecule has 2 aromatic carbocycles. The predicted octanol–water partition coefficient (Wildman–Crippen LogP) is 5.62. The number of halogens is 2. The molecular formula is C19H17Br2NO. The highest BCUT2D eigenvalue weighted by molar-refractivity contribution is 9.11. The highest BCUT2D eigenvalue weighted by atomic mass is 79.9. The lowest BCUT2D eigenvalue weighted by Crippen LogP contribution is -2.56. The third kappa shape index (κ3) is 2.68. The number of alkyl halides is 1. The van der Waals surface area contributed by atoms with Crippen LogP contribution in [0.3, 0.4) is 0 Å². The van der Waals surface area contributed by atoms with Crippen molar-refractivity contribution in [2.75, 3.05) is 4.90 Å². The van der Waals surface area contributed by atoms with Crippen molar-refractivity contribution in [1.29, 1.82) is 0 Å². The maximum atomic E-state index is 13.2. The van der Waals surface area contributed by atoms with Crippen LogP contribution in [0.5, 0.6) is 0 Å². The smallest absolute Gasteiger partial charge is 0.258 e. The average molecular weight is 435 g/mol. The van der Waals surface area contributed by atoms with Crippen LogP contribution in [0.15, 0.2) is 59.6 Å². The van der Waals surface area contributed by atoms with E-state index in [1.54, 1.807) is 0 Å². The van der Waals surface area contributed by atoms with Crippen LogP contribution in [-0.2, 0) is 0 Å². The summed E-state index contributed by atoms with van der Waals surface area (Å²) >= 11 is 7.27. The molecule has 0 saturated heterocycles. The molecule has 0 aliphatic carbocycles. The first kappa shape index (κ1) is 16.5. The molecule has 23 heavy (non-hydrogen) atoms. The van der Waals surface area contributed by atoms with Crippen molar-refractivity contribution in [2.45, 2.75) is 24.2 Å². The van der Waals surface area contributed by atoms with E-state index in [0.29, 0.717) is 5.56 Å². The van der Waals surface area contributed by atoms with Crippen LogP contribution in [0.2, 0.25) is 0 Å². The Morgan fingerprint density at radius 2 is 1.70 bits per heavy atom. The van der Waals surface area contributed by atoms with Gasteiger partial charge in [0.05, 0.1) is 16.1 Å². The summed E-state index contributed by atoms with van der Waals surface area (Å²) in [5.74, 6) is 0.0149. The highest BCUT2D eigenvalue weighted by Gasteiger charge is 2.45. The van der Waals surface area contributed by atoms with Crippen molar-refractivity contribution in [1.82, 2.24) is 0 Å². The maximum Gasteiger partial charge on any atom is 0.258 e. The molecule has 1 atom stereocenters. The van der Waals surface area contributed by atoms with Gasteiger partial charge in [-0.25, -0.2) is 0 Å². The van der Waals surface area contributed by atoms with Crippen molar-refractivity contribution in [3.8, 4) is 0 Å². The van der Waals surface area contributed by atoms with E-state index in [4.69, 9.17) is 0 Å². The first-order valence-electron chi connectivity index (χ1n) is 7.42. The molecular weight excluding hydrogens is 418 g/mol. The van der Waals surface area contributed by atoms with Crippen molar-refractivity contribution >= 4 is 49.0 Å². The molecule has 2 aromatic rings. The Morgan fingerprint density at radius 3 is 2.35 bits per heavy atom. The third-order valence-corrected chi connectivity index (χ3v) is 6.37. The zero-order chi connectivity index (χ0) is 16.6. The van der Waals surface area contributed by atoms with E-state index in [0.717, 1.165) is 16.8 Å². The van der Waals surface area contributed by atoms with Crippen LogP contribution >= 0.6 is 31.9 Å². The van der Waals surface area contributed by atoms with Crippen molar-refractivity contribution < 1.29 is 4.79 Å². The molecule has 1 amide bonds. The van der Waals surface area contributed by atoms with Crippen molar-refractivity contribution in [2.24, 2.45) is 0 Å². The Hall–Kier alpha value is -1.39. The van der Waals surface area contributed by atoms with Crippen LogP contribution in [0, 0.1) is 0 Å². The molecule has 0 bridgehead atoms. The van der Waals surface area contributed by atoms with Crippen molar-refractivity contribution in [3.05, 3.63) is 70.7 Å². The second-order valence-electron chi connectivity index (χ2n) is 6.10. The second kappa shape index (κ2) is 6.25. The number of nitrogens with zero attached hydrogens (tertiary/aromatic N) is 1. The van der Waals surface area contributed by atoms with Crippen LogP contribution in [-0.4, -0.2) is 16.3 Å². The Kier molecular flexibility index (Phi) is 4.47. The Bertz CT molecular complexity index is 768. The summed E-state index contributed by atoms with van der Waals surface area (Å²) in [4.78, 5) is 17.1. The fourth-order valence-corrected chi connectivity index (χ4v) is 4.50. The third-order valence-electron chi connectivity index (χ3n) is 4.27. The summed E-state index contributed by atoms with van der Waals surface area (Å²) in [7, 11) is 0. The van der Waals surface area contributed by atoms with Gasteiger partial charge in [0.2, 0.25) is 0 Å². The fourth-order valence-electron chi connectivity index (χ4n) is 3.05. The Morgan fingerprint density at radius 1 is 1.09 bits per heavy atom. The van der Waals surface area contributed by atoms with Gasteiger partial charge < -0.3 is 4.90 Å². The molecule has 1 unspecified atom stereocenters. The summed E-state index contributed by atoms with van der Waals surface area (Å²) in [5, 5.41) is 0. The van der Waals surface area contributed by atoms with Gasteiger partial charge in [0, 0.05) is 11.1 Å². The summed E-state index contributed by atoms with van der Waals surface area (Å²) in [6, 6.07) is 17.5. The summed E-state index contributed by atoms with van der Waals surface area (Å²) < 4.78 is 0. The normalized spacial score (nSPS) is 21.1. The standard InChI is InChI=1S/C19H17Br2NO/c1-19(2)17(21)15(12-20)14-10-6-7-11-16(14)22(19)18(23)13-8-4-3-5-9-13/h3-12,17H,1-2H3. The molecule has 1 aliphatic rings. The number of amides is 1. The Labute approximate surface area is 153 Å². The number of para-hydroxylation sites is 1. The van der Waals surface area contributed by atoms with Crippen LogP contribution in [0.1, 0.15) is 29.8 Å². The fraction of sp³-hybridized carbons (Fsp3) is 0.211. The lowest BCUT2D eigenvalue weighted by molar-refractivity contribution is 0.0963. The second-order valence-corrected chi connectivity index (χ2v) is 7.48. The van der Waals surface area contributed by atoms with Gasteiger partial charge in [-0.05, 0) is 42.6 Å². The van der Waals surface area contributed by atoms with E-state index in [9.17, 15) is 4.79 Å². The summed E-state index contributed by atoms with van der Waals surface area (Å²) in [5.41, 5.74) is 3.44. The molecule has 4 heteroatoms. The molecule has 0 spiro atoms. The number of hydrogen-bond acceptors (Lipinski definition) is 1. The lowest BCUT2D eigenvalue weighted by Gasteiger charge is -2.47. The number of hydrogen-bond donors (Lipinski definition) is 0. The molecule has 0 fully saturated rings. The minimum absolute atomic E-state index is 0.0149. The molecule has 3 rings (SSSR count). The highest BCUT2D eigenvalue weighted by Crippen LogP contribution is 2.47. The average Bonchev–Trinajstić information content (AvgIpc) is 2.56. The van der Waals surface area contributed by atoms with Gasteiger partial charge in [-0.3, -0.25) is 4.79 Å². The lowest BCUT2D eigenvalue weighted by atomic mass is 9.83. The van der Waals surface area contributed by atoms with E-state index >= 15 is 0 Å². The SMILES string of the molecule is CC1(C)C(Br)C(=CBr)c2ccccc2N1C(=O)c1ccccc1. The van der Waals surface area contributed by atoms with Gasteiger partial charge in [-0.2, -0.15) is 0 Å². The van der Waals surface area contributed by atoms with E-state index in [-0.39, 0.29) is 10.7 Å². The number of carbonyl (C=O) groups excluding carboxylic acids is 1. The molecule has 0 radical (unpaired) electrons. The summed E-state index contributed by atoms with van der Waals surface area (Å²) in [6.45, 7) is 4.17.